The van der Waals surface area contributed by atoms with Crippen molar-refractivity contribution in [2.45, 2.75) is 25.7 Å². The van der Waals surface area contributed by atoms with Crippen LogP contribution in [0.3, 0.4) is 0 Å². The van der Waals surface area contributed by atoms with Crippen LogP contribution in [0.25, 0.3) is 0 Å². The normalized spacial score (nSPS) is 24.9. The topological polar surface area (TPSA) is 40.5 Å². The van der Waals surface area contributed by atoms with Crippen molar-refractivity contribution in [3.8, 4) is 0 Å². The van der Waals surface area contributed by atoms with Gasteiger partial charge in [0.25, 0.3) is 0 Å². The van der Waals surface area contributed by atoms with E-state index >= 15 is 0 Å². The number of rotatable bonds is 1. The molecule has 0 bridgehead atoms. The number of hydrogen-bond donors (Lipinski definition) is 2. The Morgan fingerprint density at radius 2 is 1.69 bits per heavy atom. The summed E-state index contributed by atoms with van der Waals surface area (Å²) >= 11 is 0. The molecule has 1 aliphatic rings. The van der Waals surface area contributed by atoms with Crippen molar-refractivity contribution < 1.29 is 10.0 Å². The minimum absolute atomic E-state index is 0.550. The van der Waals surface area contributed by atoms with Gasteiger partial charge in [0, 0.05) is 0 Å². The second-order valence-electron chi connectivity index (χ2n) is 3.84. The summed E-state index contributed by atoms with van der Waals surface area (Å²) in [7, 11) is -1.34. The highest BCUT2D eigenvalue weighted by Crippen LogP contribution is 2.45. The third-order valence-corrected chi connectivity index (χ3v) is 3.14. The summed E-state index contributed by atoms with van der Waals surface area (Å²) in [6, 6.07) is 5.67. The minimum atomic E-state index is -1.34. The van der Waals surface area contributed by atoms with Crippen LogP contribution in [-0.2, 0) is 0 Å². The summed E-state index contributed by atoms with van der Waals surface area (Å²) in [6.45, 7) is 4.36. The molecule has 3 heteroatoms. The SMILES string of the molecule is CC1c2ccc(B(O)O)cc2C1C. The highest BCUT2D eigenvalue weighted by Gasteiger charge is 2.31. The fourth-order valence-electron chi connectivity index (χ4n) is 2.01. The summed E-state index contributed by atoms with van der Waals surface area (Å²) < 4.78 is 0. The Kier molecular flexibility index (Phi) is 1.93. The van der Waals surface area contributed by atoms with E-state index in [4.69, 9.17) is 10.0 Å². The smallest absolute Gasteiger partial charge is 0.423 e. The zero-order chi connectivity index (χ0) is 9.59. The molecule has 0 heterocycles. The molecule has 2 atom stereocenters. The lowest BCUT2D eigenvalue weighted by Gasteiger charge is -2.35. The van der Waals surface area contributed by atoms with E-state index in [2.05, 4.69) is 13.8 Å². The quantitative estimate of drug-likeness (QED) is 0.614. The Labute approximate surface area is 78.4 Å². The van der Waals surface area contributed by atoms with Crippen LogP contribution in [0.15, 0.2) is 18.2 Å². The third kappa shape index (κ3) is 1.19. The average Bonchev–Trinajstić information content (AvgIpc) is 2.15. The largest absolute Gasteiger partial charge is 0.488 e. The summed E-state index contributed by atoms with van der Waals surface area (Å²) in [4.78, 5) is 0. The third-order valence-electron chi connectivity index (χ3n) is 3.14. The van der Waals surface area contributed by atoms with Crippen molar-refractivity contribution in [3.63, 3.8) is 0 Å². The van der Waals surface area contributed by atoms with Crippen LogP contribution in [0, 0.1) is 0 Å². The summed E-state index contributed by atoms with van der Waals surface area (Å²) in [5.41, 5.74) is 3.20. The lowest BCUT2D eigenvalue weighted by atomic mass is 9.66. The fraction of sp³-hybridized carbons (Fsp3) is 0.400. The minimum Gasteiger partial charge on any atom is -0.423 e. The average molecular weight is 176 g/mol. The zero-order valence-corrected chi connectivity index (χ0v) is 7.86. The molecule has 1 aliphatic carbocycles. The van der Waals surface area contributed by atoms with Crippen LogP contribution in [0.1, 0.15) is 36.8 Å². The standard InChI is InChI=1S/C10H13BO2/c1-6-7(2)10-5-8(11(12)13)3-4-9(6)10/h3-7,12-13H,1-2H3. The van der Waals surface area contributed by atoms with E-state index in [0.29, 0.717) is 17.3 Å². The molecular weight excluding hydrogens is 163 g/mol. The Bertz CT molecular complexity index is 336. The Morgan fingerprint density at radius 3 is 2.31 bits per heavy atom. The van der Waals surface area contributed by atoms with Crippen molar-refractivity contribution >= 4 is 12.6 Å². The van der Waals surface area contributed by atoms with Crippen molar-refractivity contribution in [2.75, 3.05) is 0 Å². The van der Waals surface area contributed by atoms with Gasteiger partial charge in [0.15, 0.2) is 0 Å². The second kappa shape index (κ2) is 2.86. The molecule has 2 nitrogen and oxygen atoms in total. The van der Waals surface area contributed by atoms with Crippen LogP contribution in [0.2, 0.25) is 0 Å². The predicted molar refractivity (Wildman–Crippen MR) is 53.1 cm³/mol. The lowest BCUT2D eigenvalue weighted by Crippen LogP contribution is -2.32. The molecule has 68 valence electrons. The maximum Gasteiger partial charge on any atom is 0.488 e. The first-order chi connectivity index (χ1) is 6.11. The molecule has 2 rings (SSSR count). The molecule has 0 radical (unpaired) electrons. The zero-order valence-electron chi connectivity index (χ0n) is 7.86. The highest BCUT2D eigenvalue weighted by atomic mass is 16.4. The maximum atomic E-state index is 8.97. The molecule has 0 saturated heterocycles. The van der Waals surface area contributed by atoms with Gasteiger partial charge >= 0.3 is 7.12 Å². The first-order valence-electron chi connectivity index (χ1n) is 4.61. The molecule has 1 aromatic carbocycles. The van der Waals surface area contributed by atoms with Crippen molar-refractivity contribution in [3.05, 3.63) is 29.3 Å². The monoisotopic (exact) mass is 176 g/mol. The van der Waals surface area contributed by atoms with Gasteiger partial charge in [-0.1, -0.05) is 32.0 Å². The molecule has 0 fully saturated rings. The van der Waals surface area contributed by atoms with Crippen molar-refractivity contribution in [1.29, 1.82) is 0 Å². The van der Waals surface area contributed by atoms with Crippen LogP contribution < -0.4 is 5.46 Å². The molecule has 0 amide bonds. The van der Waals surface area contributed by atoms with Gasteiger partial charge in [0.1, 0.15) is 0 Å². The number of hydrogen-bond acceptors (Lipinski definition) is 2. The molecule has 2 N–H and O–H groups in total. The Hall–Kier alpha value is -0.795. The Morgan fingerprint density at radius 1 is 1.08 bits per heavy atom. The van der Waals surface area contributed by atoms with E-state index in [0.717, 1.165) is 0 Å². The van der Waals surface area contributed by atoms with Crippen LogP contribution in [0.5, 0.6) is 0 Å². The predicted octanol–water partition coefficient (Wildman–Crippen LogP) is 0.587. The van der Waals surface area contributed by atoms with Gasteiger partial charge in [0.05, 0.1) is 0 Å². The van der Waals surface area contributed by atoms with Gasteiger partial charge in [-0.05, 0) is 28.4 Å². The van der Waals surface area contributed by atoms with Crippen molar-refractivity contribution in [1.82, 2.24) is 0 Å². The van der Waals surface area contributed by atoms with Crippen LogP contribution in [0.4, 0.5) is 0 Å². The van der Waals surface area contributed by atoms with Crippen LogP contribution in [-0.4, -0.2) is 17.2 Å². The van der Waals surface area contributed by atoms with Crippen molar-refractivity contribution in [2.24, 2.45) is 0 Å². The molecular formula is C10H13BO2. The van der Waals surface area contributed by atoms with Crippen LogP contribution >= 0.6 is 0 Å². The summed E-state index contributed by atoms with van der Waals surface area (Å²) in [5.74, 6) is 1.16. The number of benzene rings is 1. The van der Waals surface area contributed by atoms with E-state index in [1.807, 2.05) is 12.1 Å². The maximum absolute atomic E-state index is 8.97. The highest BCUT2D eigenvalue weighted by molar-refractivity contribution is 6.58. The van der Waals surface area contributed by atoms with E-state index in [9.17, 15) is 0 Å². The second-order valence-corrected chi connectivity index (χ2v) is 3.84. The van der Waals surface area contributed by atoms with E-state index < -0.39 is 7.12 Å². The number of fused-ring (bicyclic) bond motifs is 1. The molecule has 0 aromatic heterocycles. The van der Waals surface area contributed by atoms with E-state index in [-0.39, 0.29) is 0 Å². The van der Waals surface area contributed by atoms with Gasteiger partial charge in [0.2, 0.25) is 0 Å². The van der Waals surface area contributed by atoms with Gasteiger partial charge in [-0.3, -0.25) is 0 Å². The molecule has 0 spiro atoms. The molecule has 2 unspecified atom stereocenters. The molecule has 0 aliphatic heterocycles. The van der Waals surface area contributed by atoms with Gasteiger partial charge < -0.3 is 10.0 Å². The fourth-order valence-corrected chi connectivity index (χ4v) is 2.01. The van der Waals surface area contributed by atoms with Gasteiger partial charge in [-0.2, -0.15) is 0 Å². The molecule has 0 saturated carbocycles. The van der Waals surface area contributed by atoms with Gasteiger partial charge in [-0.25, -0.2) is 0 Å². The lowest BCUT2D eigenvalue weighted by molar-refractivity contribution is 0.425. The van der Waals surface area contributed by atoms with E-state index in [1.54, 1.807) is 6.07 Å². The molecule has 13 heavy (non-hydrogen) atoms. The van der Waals surface area contributed by atoms with E-state index in [1.165, 1.54) is 11.1 Å². The Balaban J connectivity index is 2.40. The van der Waals surface area contributed by atoms with Gasteiger partial charge in [-0.15, -0.1) is 0 Å². The molecule has 1 aromatic rings. The summed E-state index contributed by atoms with van der Waals surface area (Å²) in [5, 5.41) is 17.9. The summed E-state index contributed by atoms with van der Waals surface area (Å²) in [6.07, 6.45) is 0. The first kappa shape index (κ1) is 8.79. The first-order valence-corrected chi connectivity index (χ1v) is 4.61.